The predicted molar refractivity (Wildman–Crippen MR) is 70.3 cm³/mol. The standard InChI is InChI=1S/C13H14ClNO4/c14-12-6-5-10(15(17)18)7-11(12)13(16)19-8-9-3-1-2-4-9/h5-7,9H,1-4,8H2. The second-order valence-electron chi connectivity index (χ2n) is 4.67. The fourth-order valence-corrected chi connectivity index (χ4v) is 2.43. The van der Waals surface area contributed by atoms with E-state index in [1.807, 2.05) is 0 Å². The SMILES string of the molecule is O=C(OCC1CCCC1)c1cc([N+](=O)[O-])ccc1Cl. The Kier molecular flexibility index (Phi) is 4.37. The lowest BCUT2D eigenvalue weighted by atomic mass is 10.1. The van der Waals surface area contributed by atoms with E-state index < -0.39 is 10.9 Å². The van der Waals surface area contributed by atoms with Crippen LogP contribution in [0.2, 0.25) is 5.02 Å². The van der Waals surface area contributed by atoms with Crippen LogP contribution >= 0.6 is 11.6 Å². The zero-order chi connectivity index (χ0) is 13.8. The second-order valence-corrected chi connectivity index (χ2v) is 5.08. The summed E-state index contributed by atoms with van der Waals surface area (Å²) in [6, 6.07) is 3.75. The van der Waals surface area contributed by atoms with Crippen molar-refractivity contribution in [1.29, 1.82) is 0 Å². The number of benzene rings is 1. The van der Waals surface area contributed by atoms with Crippen LogP contribution in [0, 0.1) is 16.0 Å². The van der Waals surface area contributed by atoms with Gasteiger partial charge in [0.15, 0.2) is 0 Å². The molecule has 102 valence electrons. The first-order chi connectivity index (χ1) is 9.08. The summed E-state index contributed by atoms with van der Waals surface area (Å²) in [4.78, 5) is 22.0. The molecule has 5 nitrogen and oxygen atoms in total. The summed E-state index contributed by atoms with van der Waals surface area (Å²) in [5.41, 5.74) is -0.119. The summed E-state index contributed by atoms with van der Waals surface area (Å²) >= 11 is 5.87. The quantitative estimate of drug-likeness (QED) is 0.481. The number of nitro groups is 1. The van der Waals surface area contributed by atoms with Crippen molar-refractivity contribution in [2.45, 2.75) is 25.7 Å². The largest absolute Gasteiger partial charge is 0.462 e. The summed E-state index contributed by atoms with van der Waals surface area (Å²) < 4.78 is 5.18. The molecule has 0 radical (unpaired) electrons. The molecular weight excluding hydrogens is 270 g/mol. The molecule has 0 saturated heterocycles. The van der Waals surface area contributed by atoms with Gasteiger partial charge in [0.25, 0.3) is 5.69 Å². The Labute approximate surface area is 115 Å². The van der Waals surface area contributed by atoms with Crippen molar-refractivity contribution in [3.63, 3.8) is 0 Å². The van der Waals surface area contributed by atoms with E-state index in [0.29, 0.717) is 12.5 Å². The van der Waals surface area contributed by atoms with E-state index >= 15 is 0 Å². The van der Waals surface area contributed by atoms with Crippen LogP contribution in [0.15, 0.2) is 18.2 Å². The number of esters is 1. The van der Waals surface area contributed by atoms with E-state index in [1.165, 1.54) is 25.0 Å². The van der Waals surface area contributed by atoms with Gasteiger partial charge < -0.3 is 4.74 Å². The lowest BCUT2D eigenvalue weighted by Crippen LogP contribution is -2.12. The van der Waals surface area contributed by atoms with Crippen LogP contribution in [-0.2, 0) is 4.74 Å². The number of rotatable bonds is 4. The van der Waals surface area contributed by atoms with E-state index in [4.69, 9.17) is 16.3 Å². The molecule has 0 aromatic heterocycles. The van der Waals surface area contributed by atoms with Gasteiger partial charge >= 0.3 is 5.97 Å². The van der Waals surface area contributed by atoms with Crippen molar-refractivity contribution in [3.05, 3.63) is 38.9 Å². The van der Waals surface area contributed by atoms with Gasteiger partial charge in [-0.05, 0) is 24.8 Å². The van der Waals surface area contributed by atoms with Gasteiger partial charge in [0.2, 0.25) is 0 Å². The van der Waals surface area contributed by atoms with Crippen LogP contribution in [0.3, 0.4) is 0 Å². The van der Waals surface area contributed by atoms with Gasteiger partial charge in [0.05, 0.1) is 22.1 Å². The zero-order valence-corrected chi connectivity index (χ0v) is 11.1. The minimum absolute atomic E-state index is 0.0499. The van der Waals surface area contributed by atoms with E-state index in [0.717, 1.165) is 18.9 Å². The van der Waals surface area contributed by atoms with Gasteiger partial charge in [-0.25, -0.2) is 4.79 Å². The predicted octanol–water partition coefficient (Wildman–Crippen LogP) is 3.60. The van der Waals surface area contributed by atoms with Gasteiger partial charge in [-0.3, -0.25) is 10.1 Å². The molecular formula is C13H14ClNO4. The normalized spacial score (nSPS) is 15.4. The number of nitro benzene ring substituents is 1. The first-order valence-corrected chi connectivity index (χ1v) is 6.57. The van der Waals surface area contributed by atoms with E-state index in [1.54, 1.807) is 0 Å². The third kappa shape index (κ3) is 3.44. The van der Waals surface area contributed by atoms with Crippen molar-refractivity contribution < 1.29 is 14.5 Å². The Morgan fingerprint density at radius 2 is 2.11 bits per heavy atom. The molecule has 0 amide bonds. The number of carbonyl (C=O) groups is 1. The molecule has 0 aliphatic heterocycles. The monoisotopic (exact) mass is 283 g/mol. The number of ether oxygens (including phenoxy) is 1. The molecule has 1 aliphatic carbocycles. The molecule has 0 N–H and O–H groups in total. The van der Waals surface area contributed by atoms with Gasteiger partial charge in [-0.15, -0.1) is 0 Å². The molecule has 2 rings (SSSR count). The number of non-ortho nitro benzene ring substituents is 1. The maximum absolute atomic E-state index is 11.9. The number of nitrogens with zero attached hydrogens (tertiary/aromatic N) is 1. The highest BCUT2D eigenvalue weighted by atomic mass is 35.5. The van der Waals surface area contributed by atoms with Crippen molar-refractivity contribution in [3.8, 4) is 0 Å². The zero-order valence-electron chi connectivity index (χ0n) is 10.3. The number of hydrogen-bond donors (Lipinski definition) is 0. The first-order valence-electron chi connectivity index (χ1n) is 6.19. The van der Waals surface area contributed by atoms with Gasteiger partial charge in [-0.1, -0.05) is 24.4 Å². The molecule has 19 heavy (non-hydrogen) atoms. The van der Waals surface area contributed by atoms with Crippen molar-refractivity contribution >= 4 is 23.3 Å². The molecule has 0 spiro atoms. The third-order valence-electron chi connectivity index (χ3n) is 3.31. The highest BCUT2D eigenvalue weighted by Gasteiger charge is 2.20. The minimum Gasteiger partial charge on any atom is -0.462 e. The summed E-state index contributed by atoms with van der Waals surface area (Å²) in [5, 5.41) is 10.8. The Hall–Kier alpha value is -1.62. The fraction of sp³-hybridized carbons (Fsp3) is 0.462. The summed E-state index contributed by atoms with van der Waals surface area (Å²) in [6.45, 7) is 0.359. The van der Waals surface area contributed by atoms with Crippen LogP contribution in [0.4, 0.5) is 5.69 Å². The highest BCUT2D eigenvalue weighted by molar-refractivity contribution is 6.33. The van der Waals surface area contributed by atoms with E-state index in [2.05, 4.69) is 0 Å². The van der Waals surface area contributed by atoms with Crippen LogP contribution in [0.5, 0.6) is 0 Å². The molecule has 6 heteroatoms. The van der Waals surface area contributed by atoms with Crippen molar-refractivity contribution in [2.75, 3.05) is 6.61 Å². The van der Waals surface area contributed by atoms with Gasteiger partial charge in [0.1, 0.15) is 0 Å². The summed E-state index contributed by atoms with van der Waals surface area (Å²) in [5.74, 6) is -0.193. The van der Waals surface area contributed by atoms with Crippen LogP contribution in [0.1, 0.15) is 36.0 Å². The Morgan fingerprint density at radius 3 is 2.74 bits per heavy atom. The average Bonchev–Trinajstić information content (AvgIpc) is 2.89. The van der Waals surface area contributed by atoms with Gasteiger partial charge in [0, 0.05) is 12.1 Å². The molecule has 1 aliphatic rings. The topological polar surface area (TPSA) is 69.4 Å². The fourth-order valence-electron chi connectivity index (χ4n) is 2.23. The minimum atomic E-state index is -0.597. The van der Waals surface area contributed by atoms with Crippen molar-refractivity contribution in [2.24, 2.45) is 5.92 Å². The molecule has 1 aromatic rings. The first kappa shape index (κ1) is 13.8. The van der Waals surface area contributed by atoms with E-state index in [9.17, 15) is 14.9 Å². The molecule has 0 atom stereocenters. The van der Waals surface area contributed by atoms with Crippen LogP contribution in [0.25, 0.3) is 0 Å². The third-order valence-corrected chi connectivity index (χ3v) is 3.64. The lowest BCUT2D eigenvalue weighted by Gasteiger charge is -2.10. The molecule has 1 aromatic carbocycles. The second kappa shape index (κ2) is 6.02. The summed E-state index contributed by atoms with van der Waals surface area (Å²) in [6.07, 6.45) is 4.46. The van der Waals surface area contributed by atoms with E-state index in [-0.39, 0.29) is 16.3 Å². The number of halogens is 1. The number of hydrogen-bond acceptors (Lipinski definition) is 4. The maximum atomic E-state index is 11.9. The molecule has 0 unspecified atom stereocenters. The molecule has 0 bridgehead atoms. The average molecular weight is 284 g/mol. The van der Waals surface area contributed by atoms with Crippen molar-refractivity contribution in [1.82, 2.24) is 0 Å². The number of carbonyl (C=O) groups excluding carboxylic acids is 1. The Balaban J connectivity index is 2.04. The Morgan fingerprint density at radius 1 is 1.42 bits per heavy atom. The molecule has 1 fully saturated rings. The molecule has 1 saturated carbocycles. The van der Waals surface area contributed by atoms with Crippen LogP contribution in [-0.4, -0.2) is 17.5 Å². The maximum Gasteiger partial charge on any atom is 0.339 e. The summed E-state index contributed by atoms with van der Waals surface area (Å²) in [7, 11) is 0. The smallest absolute Gasteiger partial charge is 0.339 e. The van der Waals surface area contributed by atoms with Crippen LogP contribution < -0.4 is 0 Å². The highest BCUT2D eigenvalue weighted by Crippen LogP contribution is 2.26. The van der Waals surface area contributed by atoms with Gasteiger partial charge in [-0.2, -0.15) is 0 Å². The Bertz CT molecular complexity index is 497. The molecule has 0 heterocycles. The lowest BCUT2D eigenvalue weighted by molar-refractivity contribution is -0.384.